The van der Waals surface area contributed by atoms with Crippen LogP contribution in [0.5, 0.6) is 5.75 Å². The van der Waals surface area contributed by atoms with Crippen LogP contribution in [0.3, 0.4) is 0 Å². The van der Waals surface area contributed by atoms with E-state index in [2.05, 4.69) is 29.7 Å². The molecule has 166 valence electrons. The molecule has 2 rings (SSSR count). The van der Waals surface area contributed by atoms with Crippen molar-refractivity contribution in [3.8, 4) is 5.75 Å². The minimum atomic E-state index is -0.567. The fourth-order valence-corrected chi connectivity index (χ4v) is 3.14. The molecule has 0 saturated carbocycles. The first-order valence-electron chi connectivity index (χ1n) is 10.3. The number of hydrogen-bond donors (Lipinski definition) is 2. The second-order valence-electron chi connectivity index (χ2n) is 7.43. The number of carbonyl (C=O) groups excluding carboxylic acids is 2. The highest BCUT2D eigenvalue weighted by molar-refractivity contribution is 5.85. The van der Waals surface area contributed by atoms with Crippen molar-refractivity contribution in [1.29, 1.82) is 0 Å². The number of ether oxygens (including phenoxy) is 2. The molecular weight excluding hydrogens is 394 g/mol. The van der Waals surface area contributed by atoms with Gasteiger partial charge in [0.15, 0.2) is 0 Å². The molecule has 2 amide bonds. The summed E-state index contributed by atoms with van der Waals surface area (Å²) in [5.41, 5.74) is 6.32. The van der Waals surface area contributed by atoms with Crippen molar-refractivity contribution in [3.63, 3.8) is 0 Å². The Morgan fingerprint density at radius 2 is 1.87 bits per heavy atom. The smallest absolute Gasteiger partial charge is 0.407 e. The minimum Gasteiger partial charge on any atom is -0.496 e. The number of nitrogens with zero attached hydrogens (tertiary/aromatic N) is 1. The molecule has 0 radical (unpaired) electrons. The average molecular weight is 426 g/mol. The largest absolute Gasteiger partial charge is 0.496 e. The van der Waals surface area contributed by atoms with Crippen LogP contribution in [0.25, 0.3) is 0 Å². The van der Waals surface area contributed by atoms with E-state index >= 15 is 0 Å². The van der Waals surface area contributed by atoms with Crippen LogP contribution < -0.4 is 15.5 Å². The average Bonchev–Trinajstić information content (AvgIpc) is 2.74. The van der Waals surface area contributed by atoms with Crippen LogP contribution in [-0.4, -0.2) is 31.9 Å². The first kappa shape index (κ1) is 23.9. The zero-order valence-electron chi connectivity index (χ0n) is 18.8. The molecule has 2 aromatic carbocycles. The normalized spacial score (nSPS) is 11.9. The van der Waals surface area contributed by atoms with E-state index in [0.29, 0.717) is 0 Å². The van der Waals surface area contributed by atoms with Gasteiger partial charge < -0.3 is 14.8 Å². The Morgan fingerprint density at radius 1 is 1.16 bits per heavy atom. The van der Waals surface area contributed by atoms with Gasteiger partial charge in [-0.05, 0) is 54.2 Å². The lowest BCUT2D eigenvalue weighted by molar-refractivity contribution is -0.121. The number of benzene rings is 2. The number of carbonyl (C=O) groups is 2. The van der Waals surface area contributed by atoms with Crippen molar-refractivity contribution in [2.45, 2.75) is 46.1 Å². The summed E-state index contributed by atoms with van der Waals surface area (Å²) in [7, 11) is 1.65. The summed E-state index contributed by atoms with van der Waals surface area (Å²) < 4.78 is 10.4. The van der Waals surface area contributed by atoms with Gasteiger partial charge in [0.1, 0.15) is 5.75 Å². The van der Waals surface area contributed by atoms with E-state index in [4.69, 9.17) is 9.47 Å². The molecule has 0 unspecified atom stereocenters. The van der Waals surface area contributed by atoms with Crippen molar-refractivity contribution < 1.29 is 19.1 Å². The van der Waals surface area contributed by atoms with E-state index in [9.17, 15) is 9.59 Å². The van der Waals surface area contributed by atoms with Gasteiger partial charge in [-0.15, -0.1) is 0 Å². The maximum atomic E-state index is 12.5. The van der Waals surface area contributed by atoms with Gasteiger partial charge in [0.25, 0.3) is 0 Å². The molecule has 0 aliphatic rings. The fourth-order valence-electron chi connectivity index (χ4n) is 3.14. The zero-order valence-corrected chi connectivity index (χ0v) is 18.8. The lowest BCUT2D eigenvalue weighted by Gasteiger charge is -2.18. The van der Waals surface area contributed by atoms with E-state index < -0.39 is 12.1 Å². The molecule has 0 saturated heterocycles. The van der Waals surface area contributed by atoms with E-state index in [0.717, 1.165) is 28.0 Å². The summed E-state index contributed by atoms with van der Waals surface area (Å²) in [5.74, 6) is 0.805. The van der Waals surface area contributed by atoms with Crippen LogP contribution in [0.2, 0.25) is 0 Å². The molecule has 0 bridgehead atoms. The van der Waals surface area contributed by atoms with Gasteiger partial charge in [-0.2, -0.15) is 5.10 Å². The molecule has 1 atom stereocenters. The molecule has 7 heteroatoms. The van der Waals surface area contributed by atoms with Gasteiger partial charge in [0.2, 0.25) is 5.91 Å². The number of alkyl carbamates (subject to hydrolysis) is 1. The Bertz CT molecular complexity index is 911. The minimum absolute atomic E-state index is 0.0268. The highest BCUT2D eigenvalue weighted by Gasteiger charge is 2.19. The van der Waals surface area contributed by atoms with Crippen molar-refractivity contribution in [1.82, 2.24) is 10.7 Å². The third-order valence-corrected chi connectivity index (χ3v) is 4.79. The van der Waals surface area contributed by atoms with Crippen LogP contribution in [-0.2, 0) is 9.53 Å². The van der Waals surface area contributed by atoms with Crippen LogP contribution in [0.1, 0.15) is 61.4 Å². The fraction of sp³-hybridized carbons (Fsp3) is 0.375. The van der Waals surface area contributed by atoms with E-state index in [-0.39, 0.29) is 24.9 Å². The van der Waals surface area contributed by atoms with Crippen molar-refractivity contribution in [3.05, 3.63) is 64.7 Å². The lowest BCUT2D eigenvalue weighted by atomic mass is 9.97. The molecule has 2 N–H and O–H groups in total. The highest BCUT2D eigenvalue weighted by atomic mass is 16.5. The number of hydrogen-bond acceptors (Lipinski definition) is 5. The Labute approximate surface area is 183 Å². The third-order valence-electron chi connectivity index (χ3n) is 4.79. The van der Waals surface area contributed by atoms with Gasteiger partial charge in [-0.25, -0.2) is 10.2 Å². The quantitative estimate of drug-likeness (QED) is 0.459. The predicted molar refractivity (Wildman–Crippen MR) is 122 cm³/mol. The van der Waals surface area contributed by atoms with Gasteiger partial charge in [-0.1, -0.05) is 44.2 Å². The number of rotatable bonds is 9. The first-order valence-corrected chi connectivity index (χ1v) is 10.3. The number of nitrogens with one attached hydrogen (secondary N) is 2. The number of amides is 2. The molecule has 7 nitrogen and oxygen atoms in total. The number of hydrazone groups is 1. The van der Waals surface area contributed by atoms with Crippen molar-refractivity contribution in [2.24, 2.45) is 5.10 Å². The maximum Gasteiger partial charge on any atom is 0.407 e. The summed E-state index contributed by atoms with van der Waals surface area (Å²) in [5, 5.41) is 6.84. The molecule has 0 aromatic heterocycles. The Morgan fingerprint density at radius 3 is 2.48 bits per heavy atom. The molecular formula is C24H31N3O4. The predicted octanol–water partition coefficient (Wildman–Crippen LogP) is 4.45. The first-order chi connectivity index (χ1) is 14.8. The molecule has 31 heavy (non-hydrogen) atoms. The summed E-state index contributed by atoms with van der Waals surface area (Å²) in [6.07, 6.45) is 1.08. The molecule has 0 spiro atoms. The molecule has 0 aliphatic carbocycles. The van der Waals surface area contributed by atoms with E-state index in [1.165, 1.54) is 0 Å². The molecule has 2 aromatic rings. The second-order valence-corrected chi connectivity index (χ2v) is 7.43. The van der Waals surface area contributed by atoms with Gasteiger partial charge >= 0.3 is 6.09 Å². The van der Waals surface area contributed by atoms with Crippen molar-refractivity contribution >= 4 is 18.2 Å². The van der Waals surface area contributed by atoms with Gasteiger partial charge in [0, 0.05) is 0 Å². The molecule has 0 heterocycles. The molecule has 0 aliphatic heterocycles. The summed E-state index contributed by atoms with van der Waals surface area (Å²) >= 11 is 0. The maximum absolute atomic E-state index is 12.5. The van der Waals surface area contributed by atoms with E-state index in [1.807, 2.05) is 49.4 Å². The zero-order chi connectivity index (χ0) is 22.8. The lowest BCUT2D eigenvalue weighted by Crippen LogP contribution is -2.33. The van der Waals surface area contributed by atoms with Gasteiger partial charge in [0.05, 0.1) is 32.4 Å². The molecule has 0 fully saturated rings. The number of methoxy groups -OCH3 is 1. The Balaban J connectivity index is 2.08. The highest BCUT2D eigenvalue weighted by Crippen LogP contribution is 2.29. The van der Waals surface area contributed by atoms with Gasteiger partial charge in [-0.3, -0.25) is 4.79 Å². The second kappa shape index (κ2) is 11.7. The Kier molecular flexibility index (Phi) is 9.06. The SMILES string of the molecule is CCOC(=O)N[C@H](CC(=O)N/N=C\c1cc(C(C)C)c(OC)cc1C)c1ccccc1. The van der Waals surface area contributed by atoms with Crippen LogP contribution in [0.15, 0.2) is 47.6 Å². The van der Waals surface area contributed by atoms with Crippen LogP contribution >= 0.6 is 0 Å². The summed E-state index contributed by atoms with van der Waals surface area (Å²) in [6, 6.07) is 12.7. The van der Waals surface area contributed by atoms with Crippen LogP contribution in [0, 0.1) is 6.92 Å². The van der Waals surface area contributed by atoms with E-state index in [1.54, 1.807) is 20.2 Å². The standard InChI is InChI=1S/C24H31N3O4/c1-6-31-24(29)26-21(18-10-8-7-9-11-18)14-23(28)27-25-15-19-13-20(16(2)3)22(30-5)12-17(19)4/h7-13,15-16,21H,6,14H2,1-5H3,(H,26,29)(H,27,28)/b25-15-/t21-/m1/s1. The Hall–Kier alpha value is -3.35. The summed E-state index contributed by atoms with van der Waals surface area (Å²) in [6.45, 7) is 8.13. The van der Waals surface area contributed by atoms with Crippen molar-refractivity contribution in [2.75, 3.05) is 13.7 Å². The topological polar surface area (TPSA) is 89.0 Å². The van der Waals surface area contributed by atoms with Crippen LogP contribution in [0.4, 0.5) is 4.79 Å². The number of aryl methyl sites for hydroxylation is 1. The summed E-state index contributed by atoms with van der Waals surface area (Å²) in [4.78, 5) is 24.4. The third kappa shape index (κ3) is 7.13. The monoisotopic (exact) mass is 425 g/mol.